The van der Waals surface area contributed by atoms with E-state index in [-0.39, 0.29) is 23.8 Å². The van der Waals surface area contributed by atoms with Crippen LogP contribution in [0, 0.1) is 57.2 Å². The molecule has 7 rings (SSSR count). The number of hydrogen-bond donors (Lipinski definition) is 0. The third-order valence-corrected chi connectivity index (χ3v) is 19.9. The standard InChI is InChI=1S/2C18H32O.C13H24O2.C11H20O.C9H12O2.C3H6/c2*1-5-17(3)10-8-16(9-11-17)14-19-18(4)12-6-15(2)7-13-18;1-5-13(2)8-6-11(7-9-13)10-12(14-3)15-4;1-4-11(2)7-5-10(6-8-11)9-12-3;1-10-9(11-2)8-6-4-3-5-7-8;1-3-2/h2*5,15-16H,1,6-14H2,2-4H3;5,11-12H,1,6-10H2,2-4H3;4,10H,1,5-9H2,2-3H3;3-7,9H,1-2H3;3H,1H2,2H3. The maximum atomic E-state index is 6.33. The van der Waals surface area contributed by atoms with Crippen LogP contribution in [-0.4, -0.2) is 72.9 Å². The van der Waals surface area contributed by atoms with Crippen molar-refractivity contribution in [2.24, 2.45) is 57.2 Å². The van der Waals surface area contributed by atoms with E-state index in [1.165, 1.54) is 154 Å². The Labute approximate surface area is 489 Å². The first-order valence-corrected chi connectivity index (χ1v) is 31.6. The Bertz CT molecular complexity index is 1670. The third-order valence-electron chi connectivity index (χ3n) is 19.9. The summed E-state index contributed by atoms with van der Waals surface area (Å²) in [7, 11) is 8.47. The molecular weight excluding hydrogens is 977 g/mol. The van der Waals surface area contributed by atoms with Gasteiger partial charge in [-0.05, 0) is 232 Å². The molecule has 7 nitrogen and oxygen atoms in total. The van der Waals surface area contributed by atoms with E-state index in [0.717, 1.165) is 67.3 Å². The topological polar surface area (TPSA) is 64.6 Å². The van der Waals surface area contributed by atoms with Crippen molar-refractivity contribution in [1.29, 1.82) is 0 Å². The van der Waals surface area contributed by atoms with Gasteiger partial charge in [0.1, 0.15) is 0 Å². The number of ether oxygens (including phenoxy) is 7. The van der Waals surface area contributed by atoms with Gasteiger partial charge in [-0.2, -0.15) is 0 Å². The fourth-order valence-electron chi connectivity index (χ4n) is 12.3. The molecule has 0 aromatic heterocycles. The van der Waals surface area contributed by atoms with Crippen LogP contribution < -0.4 is 0 Å². The Morgan fingerprint density at radius 1 is 0.430 bits per heavy atom. The summed E-state index contributed by atoms with van der Waals surface area (Å²) in [4.78, 5) is 0. The van der Waals surface area contributed by atoms with Gasteiger partial charge in [-0.1, -0.05) is 102 Å². The summed E-state index contributed by atoms with van der Waals surface area (Å²) in [6, 6.07) is 9.82. The van der Waals surface area contributed by atoms with Crippen molar-refractivity contribution in [3.63, 3.8) is 0 Å². The quantitative estimate of drug-likeness (QED) is 0.101. The Balaban J connectivity index is 0.000000338. The van der Waals surface area contributed by atoms with E-state index < -0.39 is 0 Å². The summed E-state index contributed by atoms with van der Waals surface area (Å²) in [5, 5.41) is 0. The van der Waals surface area contributed by atoms with Crippen LogP contribution in [0.15, 0.2) is 93.6 Å². The molecule has 0 radical (unpaired) electrons. The van der Waals surface area contributed by atoms with Gasteiger partial charge in [0.2, 0.25) is 0 Å². The second kappa shape index (κ2) is 37.8. The molecule has 0 atom stereocenters. The molecule has 0 amide bonds. The first-order chi connectivity index (χ1) is 37.5. The van der Waals surface area contributed by atoms with E-state index in [9.17, 15) is 0 Å². The van der Waals surface area contributed by atoms with E-state index in [1.807, 2.05) is 37.3 Å². The zero-order chi connectivity index (χ0) is 59.0. The van der Waals surface area contributed by atoms with Gasteiger partial charge in [0, 0.05) is 54.1 Å². The first-order valence-electron chi connectivity index (χ1n) is 31.6. The van der Waals surface area contributed by atoms with E-state index >= 15 is 0 Å². The maximum absolute atomic E-state index is 6.33. The van der Waals surface area contributed by atoms with E-state index in [0.29, 0.717) is 21.7 Å². The molecule has 0 unspecified atom stereocenters. The van der Waals surface area contributed by atoms with E-state index in [4.69, 9.17) is 33.2 Å². The molecule has 1 aromatic carbocycles. The molecule has 0 N–H and O–H groups in total. The number of hydrogen-bond acceptors (Lipinski definition) is 7. The molecule has 6 aliphatic rings. The van der Waals surface area contributed by atoms with Crippen LogP contribution in [0.4, 0.5) is 0 Å². The lowest BCUT2D eigenvalue weighted by Gasteiger charge is -2.39. The molecule has 0 spiro atoms. The molecule has 6 aliphatic carbocycles. The van der Waals surface area contributed by atoms with Gasteiger partial charge in [-0.15, -0.1) is 32.9 Å². The van der Waals surface area contributed by atoms with Crippen LogP contribution in [0.1, 0.15) is 235 Å². The van der Waals surface area contributed by atoms with Crippen molar-refractivity contribution in [2.75, 3.05) is 55.4 Å². The van der Waals surface area contributed by atoms with Gasteiger partial charge in [0.15, 0.2) is 12.6 Å². The van der Waals surface area contributed by atoms with Crippen molar-refractivity contribution in [2.45, 2.75) is 247 Å². The summed E-state index contributed by atoms with van der Waals surface area (Å²) in [5.41, 5.74) is 2.94. The lowest BCUT2D eigenvalue weighted by Crippen LogP contribution is -2.36. The molecule has 6 saturated carbocycles. The highest BCUT2D eigenvalue weighted by Gasteiger charge is 2.36. The van der Waals surface area contributed by atoms with Gasteiger partial charge < -0.3 is 33.2 Å². The average Bonchev–Trinajstić information content (AvgIpc) is 3.47. The number of methoxy groups -OCH3 is 5. The van der Waals surface area contributed by atoms with E-state index in [1.54, 1.807) is 41.6 Å². The van der Waals surface area contributed by atoms with Gasteiger partial charge in [0.05, 0.1) is 24.4 Å². The molecule has 79 heavy (non-hydrogen) atoms. The fraction of sp³-hybridized carbons (Fsp3) is 0.778. The summed E-state index contributed by atoms with van der Waals surface area (Å²) >= 11 is 0. The molecule has 456 valence electrons. The first kappa shape index (κ1) is 72.7. The Morgan fingerprint density at radius 3 is 0.987 bits per heavy atom. The van der Waals surface area contributed by atoms with Crippen LogP contribution in [0.3, 0.4) is 0 Å². The lowest BCUT2D eigenvalue weighted by molar-refractivity contribution is -0.117. The van der Waals surface area contributed by atoms with Crippen LogP contribution in [0.5, 0.6) is 0 Å². The Hall–Kier alpha value is -2.36. The largest absolute Gasteiger partial charge is 0.384 e. The van der Waals surface area contributed by atoms with Crippen LogP contribution in [0.2, 0.25) is 0 Å². The van der Waals surface area contributed by atoms with Gasteiger partial charge >= 0.3 is 0 Å². The number of benzene rings is 1. The molecular formula is C72H126O7. The maximum Gasteiger partial charge on any atom is 0.183 e. The van der Waals surface area contributed by atoms with Crippen LogP contribution >= 0.6 is 0 Å². The fourth-order valence-corrected chi connectivity index (χ4v) is 12.3. The zero-order valence-electron chi connectivity index (χ0n) is 54.1. The second-order valence-electron chi connectivity index (χ2n) is 27.3. The Kier molecular flexibility index (Phi) is 34.8. The highest BCUT2D eigenvalue weighted by Crippen LogP contribution is 2.44. The predicted molar refractivity (Wildman–Crippen MR) is 338 cm³/mol. The monoisotopic (exact) mass is 1100 g/mol. The summed E-state index contributed by atoms with van der Waals surface area (Å²) in [6.45, 7) is 42.7. The van der Waals surface area contributed by atoms with Gasteiger partial charge in [-0.3, -0.25) is 0 Å². The van der Waals surface area contributed by atoms with Crippen molar-refractivity contribution >= 4 is 0 Å². The second-order valence-corrected chi connectivity index (χ2v) is 27.3. The van der Waals surface area contributed by atoms with Crippen molar-refractivity contribution in [3.8, 4) is 0 Å². The normalized spacial score (nSPS) is 34.3. The summed E-state index contributed by atoms with van der Waals surface area (Å²) in [5.74, 6) is 4.92. The number of rotatable bonds is 19. The molecule has 0 bridgehead atoms. The Morgan fingerprint density at radius 2 is 0.722 bits per heavy atom. The highest BCUT2D eigenvalue weighted by molar-refractivity contribution is 5.15. The summed E-state index contributed by atoms with van der Waals surface area (Å²) < 4.78 is 38.4. The third kappa shape index (κ3) is 28.2. The van der Waals surface area contributed by atoms with Crippen molar-refractivity contribution in [3.05, 3.63) is 99.2 Å². The van der Waals surface area contributed by atoms with Crippen LogP contribution in [-0.2, 0) is 33.2 Å². The predicted octanol–water partition coefficient (Wildman–Crippen LogP) is 20.3. The smallest absolute Gasteiger partial charge is 0.183 e. The number of allylic oxidation sites excluding steroid dienone is 5. The van der Waals surface area contributed by atoms with Crippen molar-refractivity contribution < 1.29 is 33.2 Å². The molecule has 7 heteroatoms. The molecule has 1 aromatic rings. The minimum absolute atomic E-state index is 0.0249. The molecule has 0 aliphatic heterocycles. The molecule has 0 saturated heterocycles. The SMILES string of the molecule is C=CC.C=CC1(C)CCC(CC(OC)OC)CC1.C=CC1(C)CCC(COC)CC1.C=CC1(C)CCC(COC2(C)CCC(C)CC2)CC1.C=CC1(C)CCC(COC2(C)CCC(C)CC2)CC1.COC(OC)c1ccccc1. The summed E-state index contributed by atoms with van der Waals surface area (Å²) in [6.07, 6.45) is 42.1. The zero-order valence-corrected chi connectivity index (χ0v) is 54.1. The lowest BCUT2D eigenvalue weighted by atomic mass is 9.71. The molecule has 0 heterocycles. The van der Waals surface area contributed by atoms with Gasteiger partial charge in [-0.25, -0.2) is 0 Å². The molecule has 6 fully saturated rings. The van der Waals surface area contributed by atoms with Gasteiger partial charge in [0.25, 0.3) is 0 Å². The minimum Gasteiger partial charge on any atom is -0.384 e. The van der Waals surface area contributed by atoms with Crippen LogP contribution in [0.25, 0.3) is 0 Å². The average molecular weight is 1100 g/mol. The highest BCUT2D eigenvalue weighted by atomic mass is 16.7. The van der Waals surface area contributed by atoms with Crippen molar-refractivity contribution in [1.82, 2.24) is 0 Å². The minimum atomic E-state index is -0.240. The van der Waals surface area contributed by atoms with E-state index in [2.05, 4.69) is 113 Å².